The Morgan fingerprint density at radius 1 is 1.08 bits per heavy atom. The molecule has 7 nitrogen and oxygen atoms in total. The molecule has 0 heterocycles. The topological polar surface area (TPSA) is 107 Å². The molecule has 2 aromatic rings. The number of nitro groups is 1. The lowest BCUT2D eigenvalue weighted by atomic mass is 10.1. The third-order valence-corrected chi connectivity index (χ3v) is 5.55. The average molecular weight is 367 g/mol. The van der Waals surface area contributed by atoms with Gasteiger partial charge in [0.05, 0.1) is 4.92 Å². The van der Waals surface area contributed by atoms with Crippen molar-refractivity contribution in [2.24, 2.45) is 5.73 Å². The van der Waals surface area contributed by atoms with Crippen molar-refractivity contribution in [3.8, 4) is 0 Å². The Bertz CT molecular complexity index is 844. The van der Waals surface area contributed by atoms with E-state index >= 15 is 0 Å². The van der Waals surface area contributed by atoms with Crippen molar-refractivity contribution in [1.29, 1.82) is 0 Å². The maximum absolute atomic E-state index is 13.8. The molecular formula is C16H18FN3O4S. The van der Waals surface area contributed by atoms with E-state index in [1.165, 1.54) is 0 Å². The van der Waals surface area contributed by atoms with Gasteiger partial charge in [-0.1, -0.05) is 36.4 Å². The number of sulfonamides is 1. The maximum Gasteiger partial charge on any atom is 0.324 e. The molecule has 2 aromatic carbocycles. The van der Waals surface area contributed by atoms with E-state index in [-0.39, 0.29) is 19.6 Å². The van der Waals surface area contributed by atoms with Crippen LogP contribution in [0.1, 0.15) is 5.56 Å². The summed E-state index contributed by atoms with van der Waals surface area (Å²) in [6, 6.07) is 12.2. The molecule has 9 heteroatoms. The molecule has 134 valence electrons. The summed E-state index contributed by atoms with van der Waals surface area (Å²) in [7, 11) is -4.26. The quantitative estimate of drug-likeness (QED) is 0.567. The Kier molecular flexibility index (Phi) is 6.18. The number of hydrogen-bond acceptors (Lipinski definition) is 5. The number of nitrogens with two attached hydrogens (primary N) is 1. The minimum absolute atomic E-state index is 0.0250. The fourth-order valence-corrected chi connectivity index (χ4v) is 4.04. The summed E-state index contributed by atoms with van der Waals surface area (Å²) in [6.07, 6.45) is 0.406. The summed E-state index contributed by atoms with van der Waals surface area (Å²) in [4.78, 5) is 9.41. The van der Waals surface area contributed by atoms with Crippen LogP contribution in [0, 0.1) is 15.9 Å². The van der Waals surface area contributed by atoms with Crippen molar-refractivity contribution in [2.75, 3.05) is 19.6 Å². The molecule has 25 heavy (non-hydrogen) atoms. The van der Waals surface area contributed by atoms with Gasteiger partial charge in [0, 0.05) is 19.6 Å². The van der Waals surface area contributed by atoms with Gasteiger partial charge in [-0.3, -0.25) is 10.1 Å². The zero-order valence-electron chi connectivity index (χ0n) is 13.3. The van der Waals surface area contributed by atoms with Gasteiger partial charge in [-0.05, 0) is 24.1 Å². The lowest BCUT2D eigenvalue weighted by molar-refractivity contribution is -0.390. The largest absolute Gasteiger partial charge is 0.329 e. The first-order valence-corrected chi connectivity index (χ1v) is 8.99. The van der Waals surface area contributed by atoms with Gasteiger partial charge in [0.25, 0.3) is 0 Å². The zero-order valence-corrected chi connectivity index (χ0v) is 14.2. The SMILES string of the molecule is NCCN(CCc1ccccc1)S(=O)(=O)c1cccc(F)c1[N+](=O)[O-]. The zero-order chi connectivity index (χ0) is 18.4. The van der Waals surface area contributed by atoms with E-state index in [9.17, 15) is 22.9 Å². The third kappa shape index (κ3) is 4.38. The number of para-hydroxylation sites is 1. The number of halogens is 1. The van der Waals surface area contributed by atoms with Crippen molar-refractivity contribution in [2.45, 2.75) is 11.3 Å². The molecule has 0 aliphatic heterocycles. The average Bonchev–Trinajstić information content (AvgIpc) is 2.58. The summed E-state index contributed by atoms with van der Waals surface area (Å²) in [5.41, 5.74) is 5.35. The molecule has 0 amide bonds. The standard InChI is InChI=1S/C16H18FN3O4S/c17-14-7-4-8-15(16(14)20(21)22)25(23,24)19(12-10-18)11-9-13-5-2-1-3-6-13/h1-8H,9-12,18H2. The molecule has 0 spiro atoms. The van der Waals surface area contributed by atoms with Crippen molar-refractivity contribution in [1.82, 2.24) is 4.31 Å². The molecule has 0 saturated heterocycles. The van der Waals surface area contributed by atoms with E-state index in [0.29, 0.717) is 6.42 Å². The van der Waals surface area contributed by atoms with Gasteiger partial charge in [0.2, 0.25) is 15.8 Å². The Morgan fingerprint density at radius 3 is 2.36 bits per heavy atom. The van der Waals surface area contributed by atoms with E-state index in [0.717, 1.165) is 28.1 Å². The van der Waals surface area contributed by atoms with Crippen LogP contribution in [0.5, 0.6) is 0 Å². The van der Waals surface area contributed by atoms with Gasteiger partial charge in [0.1, 0.15) is 0 Å². The molecule has 0 radical (unpaired) electrons. The van der Waals surface area contributed by atoms with Crippen LogP contribution in [0.2, 0.25) is 0 Å². The van der Waals surface area contributed by atoms with E-state index in [4.69, 9.17) is 5.73 Å². The Labute approximate surface area is 145 Å². The number of hydrogen-bond donors (Lipinski definition) is 1. The van der Waals surface area contributed by atoms with E-state index in [2.05, 4.69) is 0 Å². The van der Waals surface area contributed by atoms with Crippen LogP contribution in [0.4, 0.5) is 10.1 Å². The normalized spacial score (nSPS) is 11.6. The van der Waals surface area contributed by atoms with Gasteiger partial charge >= 0.3 is 5.69 Å². The van der Waals surface area contributed by atoms with E-state index in [1.54, 1.807) is 0 Å². The highest BCUT2D eigenvalue weighted by Gasteiger charge is 2.33. The molecule has 0 aliphatic rings. The second-order valence-corrected chi connectivity index (χ2v) is 7.18. The van der Waals surface area contributed by atoms with E-state index in [1.807, 2.05) is 30.3 Å². The van der Waals surface area contributed by atoms with Crippen LogP contribution >= 0.6 is 0 Å². The van der Waals surface area contributed by atoms with Gasteiger partial charge in [-0.25, -0.2) is 8.42 Å². The first-order chi connectivity index (χ1) is 11.9. The lowest BCUT2D eigenvalue weighted by Crippen LogP contribution is -2.37. The first kappa shape index (κ1) is 19.0. The highest BCUT2D eigenvalue weighted by atomic mass is 32.2. The van der Waals surface area contributed by atoms with Gasteiger partial charge < -0.3 is 5.73 Å². The smallest absolute Gasteiger partial charge is 0.324 e. The van der Waals surface area contributed by atoms with Crippen LogP contribution in [0.15, 0.2) is 53.4 Å². The predicted molar refractivity (Wildman–Crippen MR) is 91.0 cm³/mol. The van der Waals surface area contributed by atoms with Crippen LogP contribution in [-0.4, -0.2) is 37.3 Å². The molecule has 2 N–H and O–H groups in total. The van der Waals surface area contributed by atoms with Crippen LogP contribution in [-0.2, 0) is 16.4 Å². The summed E-state index contributed by atoms with van der Waals surface area (Å²) in [6.45, 7) is 0.0944. The number of nitro benzene ring substituents is 1. The third-order valence-electron chi connectivity index (χ3n) is 3.62. The predicted octanol–water partition coefficient (Wildman–Crippen LogP) is 1.93. The number of benzene rings is 2. The molecule has 0 bridgehead atoms. The second-order valence-electron chi connectivity index (χ2n) is 5.27. The van der Waals surface area contributed by atoms with Gasteiger partial charge in [-0.15, -0.1) is 0 Å². The summed E-state index contributed by atoms with van der Waals surface area (Å²) >= 11 is 0. The Balaban J connectivity index is 2.36. The molecule has 0 aromatic heterocycles. The Morgan fingerprint density at radius 2 is 1.76 bits per heavy atom. The van der Waals surface area contributed by atoms with E-state index < -0.39 is 31.3 Å². The fourth-order valence-electron chi connectivity index (χ4n) is 2.41. The first-order valence-electron chi connectivity index (χ1n) is 7.55. The van der Waals surface area contributed by atoms with Gasteiger partial charge in [0.15, 0.2) is 4.90 Å². The van der Waals surface area contributed by atoms with Crippen molar-refractivity contribution in [3.63, 3.8) is 0 Å². The number of nitrogens with zero attached hydrogens (tertiary/aromatic N) is 2. The minimum atomic E-state index is -4.26. The Hall–Kier alpha value is -2.36. The molecule has 0 fully saturated rings. The molecule has 0 unspecified atom stereocenters. The maximum atomic E-state index is 13.8. The van der Waals surface area contributed by atoms with Gasteiger partial charge in [-0.2, -0.15) is 8.70 Å². The molecule has 0 aliphatic carbocycles. The summed E-state index contributed by atoms with van der Waals surface area (Å²) in [5.74, 6) is -1.19. The molecule has 2 rings (SSSR count). The van der Waals surface area contributed by atoms with Crippen LogP contribution in [0.25, 0.3) is 0 Å². The lowest BCUT2D eigenvalue weighted by Gasteiger charge is -2.21. The molecule has 0 atom stereocenters. The van der Waals surface area contributed by atoms with Crippen molar-refractivity contribution in [3.05, 3.63) is 70.0 Å². The van der Waals surface area contributed by atoms with Crippen LogP contribution < -0.4 is 5.73 Å². The monoisotopic (exact) mass is 367 g/mol. The number of rotatable bonds is 8. The molecular weight excluding hydrogens is 349 g/mol. The van der Waals surface area contributed by atoms with Crippen LogP contribution in [0.3, 0.4) is 0 Å². The highest BCUT2D eigenvalue weighted by Crippen LogP contribution is 2.29. The molecule has 0 saturated carbocycles. The summed E-state index contributed by atoms with van der Waals surface area (Å²) < 4.78 is 40.5. The van der Waals surface area contributed by atoms with Crippen molar-refractivity contribution < 1.29 is 17.7 Å². The minimum Gasteiger partial charge on any atom is -0.329 e. The highest BCUT2D eigenvalue weighted by molar-refractivity contribution is 7.89. The summed E-state index contributed by atoms with van der Waals surface area (Å²) in [5, 5.41) is 11.1. The fraction of sp³-hybridized carbons (Fsp3) is 0.250. The second kappa shape index (κ2) is 8.15. The van der Waals surface area contributed by atoms with Crippen molar-refractivity contribution >= 4 is 15.7 Å².